The minimum absolute atomic E-state index is 0.00994. The van der Waals surface area contributed by atoms with Crippen molar-refractivity contribution in [3.8, 4) is 5.75 Å². The minimum Gasteiger partial charge on any atom is -0.492 e. The van der Waals surface area contributed by atoms with Gasteiger partial charge in [-0.25, -0.2) is 0 Å². The van der Waals surface area contributed by atoms with Gasteiger partial charge in [0.1, 0.15) is 5.75 Å². The molecule has 106 valence electrons. The molecule has 0 bridgehead atoms. The van der Waals surface area contributed by atoms with Crippen LogP contribution in [0, 0.1) is 0 Å². The van der Waals surface area contributed by atoms with Crippen LogP contribution in [0.1, 0.15) is 37.1 Å². The highest BCUT2D eigenvalue weighted by Crippen LogP contribution is 2.15. The van der Waals surface area contributed by atoms with Crippen LogP contribution in [0.4, 0.5) is 0 Å². The number of pyridine rings is 2. The monoisotopic (exact) mass is 271 g/mol. The fourth-order valence-corrected chi connectivity index (χ4v) is 1.92. The highest BCUT2D eigenvalue weighted by Gasteiger charge is 2.04. The van der Waals surface area contributed by atoms with Gasteiger partial charge >= 0.3 is 0 Å². The van der Waals surface area contributed by atoms with Crippen molar-refractivity contribution in [1.82, 2.24) is 9.97 Å². The summed E-state index contributed by atoms with van der Waals surface area (Å²) in [5.41, 5.74) is 8.12. The van der Waals surface area contributed by atoms with Crippen LogP contribution in [0.2, 0.25) is 0 Å². The zero-order chi connectivity index (χ0) is 14.2. The lowest BCUT2D eigenvalue weighted by atomic mass is 10.1. The Kier molecular flexibility index (Phi) is 5.50. The molecule has 2 aromatic heterocycles. The van der Waals surface area contributed by atoms with E-state index in [-0.39, 0.29) is 6.04 Å². The Balaban J connectivity index is 1.74. The third-order valence-electron chi connectivity index (χ3n) is 3.21. The van der Waals surface area contributed by atoms with Crippen LogP contribution in [0.15, 0.2) is 42.9 Å². The normalized spacial score (nSPS) is 12.1. The van der Waals surface area contributed by atoms with E-state index in [0.717, 1.165) is 30.7 Å². The molecule has 0 amide bonds. The molecule has 2 aromatic rings. The van der Waals surface area contributed by atoms with Gasteiger partial charge in [-0.2, -0.15) is 0 Å². The van der Waals surface area contributed by atoms with Gasteiger partial charge in [0.05, 0.1) is 18.5 Å². The molecule has 4 heteroatoms. The third-order valence-corrected chi connectivity index (χ3v) is 3.21. The van der Waals surface area contributed by atoms with Crippen molar-refractivity contribution in [1.29, 1.82) is 0 Å². The molecule has 4 nitrogen and oxygen atoms in total. The summed E-state index contributed by atoms with van der Waals surface area (Å²) in [6, 6.07) is 7.94. The predicted octanol–water partition coefficient (Wildman–Crippen LogP) is 2.90. The molecule has 0 radical (unpaired) electrons. The van der Waals surface area contributed by atoms with Gasteiger partial charge in [-0.15, -0.1) is 0 Å². The van der Waals surface area contributed by atoms with Gasteiger partial charge in [0.2, 0.25) is 0 Å². The lowest BCUT2D eigenvalue weighted by Gasteiger charge is -2.09. The highest BCUT2D eigenvalue weighted by atomic mass is 16.5. The average Bonchev–Trinajstić information content (AvgIpc) is 2.52. The van der Waals surface area contributed by atoms with Gasteiger partial charge in [-0.3, -0.25) is 9.97 Å². The van der Waals surface area contributed by atoms with E-state index in [4.69, 9.17) is 10.5 Å². The first kappa shape index (κ1) is 14.5. The summed E-state index contributed by atoms with van der Waals surface area (Å²) in [7, 11) is 0. The van der Waals surface area contributed by atoms with Crippen LogP contribution < -0.4 is 10.5 Å². The first-order valence-corrected chi connectivity index (χ1v) is 7.03. The largest absolute Gasteiger partial charge is 0.492 e. The third kappa shape index (κ3) is 4.31. The molecule has 20 heavy (non-hydrogen) atoms. The van der Waals surface area contributed by atoms with Crippen molar-refractivity contribution in [3.05, 3.63) is 54.1 Å². The maximum atomic E-state index is 5.92. The zero-order valence-electron chi connectivity index (χ0n) is 11.8. The second kappa shape index (κ2) is 7.60. The van der Waals surface area contributed by atoms with Crippen LogP contribution in [0.5, 0.6) is 5.75 Å². The Morgan fingerprint density at radius 2 is 2.00 bits per heavy atom. The lowest BCUT2D eigenvalue weighted by molar-refractivity contribution is 0.309. The molecule has 0 saturated heterocycles. The zero-order valence-corrected chi connectivity index (χ0v) is 11.8. The second-order valence-electron chi connectivity index (χ2n) is 4.74. The lowest BCUT2D eigenvalue weighted by Crippen LogP contribution is -2.10. The molecule has 0 aromatic carbocycles. The number of aromatic nitrogens is 2. The summed E-state index contributed by atoms with van der Waals surface area (Å²) in [6.45, 7) is 2.74. The van der Waals surface area contributed by atoms with E-state index < -0.39 is 0 Å². The maximum absolute atomic E-state index is 5.92. The van der Waals surface area contributed by atoms with Crippen molar-refractivity contribution in [3.63, 3.8) is 0 Å². The van der Waals surface area contributed by atoms with Crippen LogP contribution in [-0.2, 0) is 6.42 Å². The smallest absolute Gasteiger partial charge is 0.137 e. The summed E-state index contributed by atoms with van der Waals surface area (Å²) in [6.07, 6.45) is 8.23. The van der Waals surface area contributed by atoms with Gasteiger partial charge in [0.15, 0.2) is 0 Å². The van der Waals surface area contributed by atoms with Gasteiger partial charge in [0.25, 0.3) is 0 Å². The molecule has 2 rings (SSSR count). The number of hydrogen-bond donors (Lipinski definition) is 1. The van der Waals surface area contributed by atoms with Crippen LogP contribution in [0.3, 0.4) is 0 Å². The summed E-state index contributed by atoms with van der Waals surface area (Å²) < 4.78 is 5.68. The molecule has 2 heterocycles. The van der Waals surface area contributed by atoms with E-state index in [9.17, 15) is 0 Å². The van der Waals surface area contributed by atoms with Gasteiger partial charge in [-0.1, -0.05) is 6.92 Å². The van der Waals surface area contributed by atoms with E-state index in [1.807, 2.05) is 36.7 Å². The molecule has 0 spiro atoms. The Morgan fingerprint density at radius 1 is 1.20 bits per heavy atom. The minimum atomic E-state index is 0.00994. The number of nitrogens with two attached hydrogens (primary N) is 1. The van der Waals surface area contributed by atoms with Crippen LogP contribution in [-0.4, -0.2) is 16.6 Å². The van der Waals surface area contributed by atoms with Gasteiger partial charge in [-0.05, 0) is 49.1 Å². The Hall–Kier alpha value is -1.94. The Bertz CT molecular complexity index is 499. The van der Waals surface area contributed by atoms with Crippen molar-refractivity contribution >= 4 is 0 Å². The molecule has 2 N–H and O–H groups in total. The topological polar surface area (TPSA) is 61.0 Å². The summed E-state index contributed by atoms with van der Waals surface area (Å²) >= 11 is 0. The summed E-state index contributed by atoms with van der Waals surface area (Å²) in [5, 5.41) is 0. The number of nitrogens with zero attached hydrogens (tertiary/aromatic N) is 2. The SMILES string of the molecule is CCC(N)c1ccc(OCCCc2ccncc2)cn1. The Morgan fingerprint density at radius 3 is 2.65 bits per heavy atom. The molecular formula is C16H21N3O. The fraction of sp³-hybridized carbons (Fsp3) is 0.375. The standard InChI is InChI=1S/C16H21N3O/c1-2-15(17)16-6-5-14(12-19-16)20-11-3-4-13-7-9-18-10-8-13/h5-10,12,15H,2-4,11,17H2,1H3. The van der Waals surface area contributed by atoms with Crippen molar-refractivity contribution in [2.75, 3.05) is 6.61 Å². The average molecular weight is 271 g/mol. The molecule has 1 atom stereocenters. The number of aryl methyl sites for hydroxylation is 1. The summed E-state index contributed by atoms with van der Waals surface area (Å²) in [5.74, 6) is 0.798. The predicted molar refractivity (Wildman–Crippen MR) is 79.5 cm³/mol. The van der Waals surface area contributed by atoms with E-state index in [2.05, 4.69) is 16.9 Å². The van der Waals surface area contributed by atoms with E-state index in [0.29, 0.717) is 6.61 Å². The molecule has 0 aliphatic carbocycles. The molecule has 0 aliphatic heterocycles. The second-order valence-corrected chi connectivity index (χ2v) is 4.74. The summed E-state index contributed by atoms with van der Waals surface area (Å²) in [4.78, 5) is 8.33. The van der Waals surface area contributed by atoms with E-state index in [1.165, 1.54) is 5.56 Å². The molecule has 0 aliphatic rings. The van der Waals surface area contributed by atoms with Gasteiger partial charge < -0.3 is 10.5 Å². The molecular weight excluding hydrogens is 250 g/mol. The maximum Gasteiger partial charge on any atom is 0.137 e. The number of rotatable bonds is 7. The van der Waals surface area contributed by atoms with Crippen molar-refractivity contribution in [2.45, 2.75) is 32.2 Å². The van der Waals surface area contributed by atoms with Crippen molar-refractivity contribution < 1.29 is 4.74 Å². The highest BCUT2D eigenvalue weighted by molar-refractivity contribution is 5.21. The van der Waals surface area contributed by atoms with E-state index in [1.54, 1.807) is 6.20 Å². The van der Waals surface area contributed by atoms with Crippen molar-refractivity contribution in [2.24, 2.45) is 5.73 Å². The fourth-order valence-electron chi connectivity index (χ4n) is 1.92. The quantitative estimate of drug-likeness (QED) is 0.787. The van der Waals surface area contributed by atoms with E-state index >= 15 is 0 Å². The Labute approximate surface area is 120 Å². The van der Waals surface area contributed by atoms with Crippen LogP contribution >= 0.6 is 0 Å². The first-order chi connectivity index (χ1) is 9.79. The molecule has 1 unspecified atom stereocenters. The first-order valence-electron chi connectivity index (χ1n) is 7.03. The molecule has 0 saturated carbocycles. The van der Waals surface area contributed by atoms with Crippen LogP contribution in [0.25, 0.3) is 0 Å². The number of hydrogen-bond acceptors (Lipinski definition) is 4. The number of ether oxygens (including phenoxy) is 1. The van der Waals surface area contributed by atoms with Gasteiger partial charge in [0, 0.05) is 18.4 Å². The molecule has 0 fully saturated rings.